The maximum Gasteiger partial charge on any atom is 0.178 e. The van der Waals surface area contributed by atoms with Gasteiger partial charge in [0.25, 0.3) is 0 Å². The summed E-state index contributed by atoms with van der Waals surface area (Å²) in [6, 6.07) is 4.71. The number of H-pyrrole nitrogens is 1. The summed E-state index contributed by atoms with van der Waals surface area (Å²) in [6.45, 7) is 7.27. The Kier molecular flexibility index (Phi) is 2.62. The SMILES string of the molecule is CC(C)(C)Cn1c(=S)[nH]c2cc(F)ccc21. The van der Waals surface area contributed by atoms with Gasteiger partial charge in [0.2, 0.25) is 0 Å². The number of aromatic amines is 1. The number of rotatable bonds is 1. The number of hydrogen-bond acceptors (Lipinski definition) is 1. The summed E-state index contributed by atoms with van der Waals surface area (Å²) < 4.78 is 15.7. The first-order chi connectivity index (χ1) is 7.37. The molecule has 0 amide bonds. The van der Waals surface area contributed by atoms with Crippen molar-refractivity contribution < 1.29 is 4.39 Å². The van der Waals surface area contributed by atoms with Crippen molar-refractivity contribution in [1.29, 1.82) is 0 Å². The maximum atomic E-state index is 13.1. The van der Waals surface area contributed by atoms with Gasteiger partial charge in [0.1, 0.15) is 5.82 Å². The molecule has 0 aliphatic carbocycles. The fraction of sp³-hybridized carbons (Fsp3) is 0.417. The molecule has 2 rings (SSSR count). The molecule has 2 aromatic rings. The predicted octanol–water partition coefficient (Wildman–Crippen LogP) is 3.88. The van der Waals surface area contributed by atoms with Crippen molar-refractivity contribution in [3.63, 3.8) is 0 Å². The smallest absolute Gasteiger partial charge is 0.178 e. The van der Waals surface area contributed by atoms with Crippen LogP contribution in [0.5, 0.6) is 0 Å². The van der Waals surface area contributed by atoms with Gasteiger partial charge in [-0.15, -0.1) is 0 Å². The first-order valence-corrected chi connectivity index (χ1v) is 5.66. The lowest BCUT2D eigenvalue weighted by Gasteiger charge is -2.19. The number of aromatic nitrogens is 2. The zero-order valence-electron chi connectivity index (χ0n) is 9.67. The Morgan fingerprint density at radius 2 is 2.06 bits per heavy atom. The van der Waals surface area contributed by atoms with E-state index in [0.717, 1.165) is 17.6 Å². The van der Waals surface area contributed by atoms with E-state index >= 15 is 0 Å². The first kappa shape index (κ1) is 11.3. The lowest BCUT2D eigenvalue weighted by molar-refractivity contribution is 0.346. The van der Waals surface area contributed by atoms with E-state index in [4.69, 9.17) is 12.2 Å². The van der Waals surface area contributed by atoms with Crippen LogP contribution in [-0.2, 0) is 6.54 Å². The predicted molar refractivity (Wildman–Crippen MR) is 66.5 cm³/mol. The fourth-order valence-electron chi connectivity index (χ4n) is 1.77. The van der Waals surface area contributed by atoms with Crippen LogP contribution >= 0.6 is 12.2 Å². The van der Waals surface area contributed by atoms with Crippen molar-refractivity contribution in [2.45, 2.75) is 27.3 Å². The Bertz CT molecular complexity index is 575. The van der Waals surface area contributed by atoms with Crippen LogP contribution in [0.1, 0.15) is 20.8 Å². The highest BCUT2D eigenvalue weighted by molar-refractivity contribution is 7.71. The monoisotopic (exact) mass is 238 g/mol. The lowest BCUT2D eigenvalue weighted by Crippen LogP contribution is -2.15. The molecule has 0 fully saturated rings. The molecule has 1 N–H and O–H groups in total. The van der Waals surface area contributed by atoms with Crippen LogP contribution in [0.4, 0.5) is 4.39 Å². The summed E-state index contributed by atoms with van der Waals surface area (Å²) in [5, 5.41) is 0. The number of nitrogens with zero attached hydrogens (tertiary/aromatic N) is 1. The molecule has 0 bridgehead atoms. The van der Waals surface area contributed by atoms with Gasteiger partial charge in [-0.1, -0.05) is 20.8 Å². The number of imidazole rings is 1. The molecule has 4 heteroatoms. The molecule has 0 aliphatic heterocycles. The standard InChI is InChI=1S/C12H15FN2S/c1-12(2,3)7-15-10-5-4-8(13)6-9(10)14-11(15)16/h4-6H,7H2,1-3H3,(H,14,16). The summed E-state index contributed by atoms with van der Waals surface area (Å²) in [7, 11) is 0. The third-order valence-electron chi connectivity index (χ3n) is 2.37. The van der Waals surface area contributed by atoms with Gasteiger partial charge in [-0.2, -0.15) is 0 Å². The molecular formula is C12H15FN2S. The number of hydrogen-bond donors (Lipinski definition) is 1. The van der Waals surface area contributed by atoms with Crippen molar-refractivity contribution in [1.82, 2.24) is 9.55 Å². The summed E-state index contributed by atoms with van der Waals surface area (Å²) >= 11 is 5.25. The number of halogens is 1. The van der Waals surface area contributed by atoms with E-state index in [1.165, 1.54) is 12.1 Å². The maximum absolute atomic E-state index is 13.1. The topological polar surface area (TPSA) is 20.7 Å². The molecule has 0 unspecified atom stereocenters. The van der Waals surface area contributed by atoms with Crippen LogP contribution in [0.15, 0.2) is 18.2 Å². The number of nitrogens with one attached hydrogen (secondary N) is 1. The molecule has 1 aromatic heterocycles. The van der Waals surface area contributed by atoms with Crippen LogP contribution in [0.2, 0.25) is 0 Å². The van der Waals surface area contributed by atoms with E-state index in [2.05, 4.69) is 25.8 Å². The molecule has 1 aromatic carbocycles. The van der Waals surface area contributed by atoms with Crippen LogP contribution in [0.25, 0.3) is 11.0 Å². The molecular weight excluding hydrogens is 223 g/mol. The largest absolute Gasteiger partial charge is 0.330 e. The van der Waals surface area contributed by atoms with Gasteiger partial charge in [-0.3, -0.25) is 0 Å². The molecule has 86 valence electrons. The Hall–Kier alpha value is -1.16. The molecule has 0 atom stereocenters. The molecule has 16 heavy (non-hydrogen) atoms. The van der Waals surface area contributed by atoms with E-state index < -0.39 is 0 Å². The van der Waals surface area contributed by atoms with Gasteiger partial charge < -0.3 is 9.55 Å². The third-order valence-corrected chi connectivity index (χ3v) is 2.69. The normalized spacial score (nSPS) is 12.2. The Morgan fingerprint density at radius 3 is 2.69 bits per heavy atom. The second kappa shape index (κ2) is 3.70. The minimum absolute atomic E-state index is 0.141. The Balaban J connectivity index is 2.61. The molecule has 0 radical (unpaired) electrons. The second-order valence-corrected chi connectivity index (χ2v) is 5.63. The van der Waals surface area contributed by atoms with E-state index in [1.807, 2.05) is 4.57 Å². The highest BCUT2D eigenvalue weighted by atomic mass is 32.1. The minimum atomic E-state index is -0.244. The first-order valence-electron chi connectivity index (χ1n) is 5.25. The Labute approximate surface area is 99.1 Å². The van der Waals surface area contributed by atoms with Gasteiger partial charge in [-0.05, 0) is 35.8 Å². The van der Waals surface area contributed by atoms with E-state index in [0.29, 0.717) is 4.77 Å². The molecule has 0 saturated heterocycles. The van der Waals surface area contributed by atoms with Gasteiger partial charge in [0, 0.05) is 6.54 Å². The summed E-state index contributed by atoms with van der Waals surface area (Å²) in [5.41, 5.74) is 1.86. The molecule has 0 aliphatic rings. The van der Waals surface area contributed by atoms with Crippen molar-refractivity contribution in [3.8, 4) is 0 Å². The van der Waals surface area contributed by atoms with Crippen LogP contribution in [0, 0.1) is 16.0 Å². The zero-order chi connectivity index (χ0) is 11.9. The summed E-state index contributed by atoms with van der Waals surface area (Å²) in [4.78, 5) is 3.03. The van der Waals surface area contributed by atoms with Crippen LogP contribution in [-0.4, -0.2) is 9.55 Å². The summed E-state index contributed by atoms with van der Waals surface area (Å²) in [6.07, 6.45) is 0. The van der Waals surface area contributed by atoms with Gasteiger partial charge in [0.15, 0.2) is 4.77 Å². The van der Waals surface area contributed by atoms with Crippen LogP contribution < -0.4 is 0 Å². The van der Waals surface area contributed by atoms with Crippen molar-refractivity contribution in [3.05, 3.63) is 28.8 Å². The summed E-state index contributed by atoms with van der Waals surface area (Å²) in [5.74, 6) is -0.244. The second-order valence-electron chi connectivity index (χ2n) is 5.24. The van der Waals surface area contributed by atoms with E-state index in [-0.39, 0.29) is 11.2 Å². The zero-order valence-corrected chi connectivity index (χ0v) is 10.5. The van der Waals surface area contributed by atoms with Crippen molar-refractivity contribution >= 4 is 23.3 Å². The molecule has 2 nitrogen and oxygen atoms in total. The van der Waals surface area contributed by atoms with Crippen molar-refractivity contribution in [2.24, 2.45) is 5.41 Å². The average molecular weight is 238 g/mol. The molecule has 1 heterocycles. The van der Waals surface area contributed by atoms with Gasteiger partial charge >= 0.3 is 0 Å². The third kappa shape index (κ3) is 2.16. The number of benzene rings is 1. The number of fused-ring (bicyclic) bond motifs is 1. The van der Waals surface area contributed by atoms with E-state index in [9.17, 15) is 4.39 Å². The highest BCUT2D eigenvalue weighted by Crippen LogP contribution is 2.22. The minimum Gasteiger partial charge on any atom is -0.330 e. The van der Waals surface area contributed by atoms with Gasteiger partial charge in [-0.25, -0.2) is 4.39 Å². The molecule has 0 spiro atoms. The highest BCUT2D eigenvalue weighted by Gasteiger charge is 2.14. The lowest BCUT2D eigenvalue weighted by atomic mass is 9.97. The van der Waals surface area contributed by atoms with Crippen molar-refractivity contribution in [2.75, 3.05) is 0 Å². The average Bonchev–Trinajstić information content (AvgIpc) is 2.40. The van der Waals surface area contributed by atoms with E-state index in [1.54, 1.807) is 6.07 Å². The van der Waals surface area contributed by atoms with Gasteiger partial charge in [0.05, 0.1) is 11.0 Å². The van der Waals surface area contributed by atoms with Crippen LogP contribution in [0.3, 0.4) is 0 Å². The fourth-order valence-corrected chi connectivity index (χ4v) is 2.04. The Morgan fingerprint density at radius 1 is 1.38 bits per heavy atom. The quantitative estimate of drug-likeness (QED) is 0.748. The molecule has 0 saturated carbocycles.